The van der Waals surface area contributed by atoms with Gasteiger partial charge in [-0.05, 0) is 29.4 Å². The van der Waals surface area contributed by atoms with Crippen molar-refractivity contribution < 1.29 is 9.32 Å². The molecule has 1 aromatic heterocycles. The minimum absolute atomic E-state index is 0.00845. The van der Waals surface area contributed by atoms with Crippen LogP contribution in [-0.2, 0) is 29.7 Å². The lowest BCUT2D eigenvalue weighted by Crippen LogP contribution is -2.38. The summed E-state index contributed by atoms with van der Waals surface area (Å²) in [5.74, 6) is 2.73. The molecule has 1 aromatic carbocycles. The lowest BCUT2D eigenvalue weighted by Gasteiger charge is -2.35. The second-order valence-corrected chi connectivity index (χ2v) is 10.00. The summed E-state index contributed by atoms with van der Waals surface area (Å²) in [6, 6.07) is 8.58. The Morgan fingerprint density at radius 1 is 1.13 bits per heavy atom. The molecule has 2 aromatic rings. The summed E-state index contributed by atoms with van der Waals surface area (Å²) >= 11 is 0. The molecule has 30 heavy (non-hydrogen) atoms. The molecule has 164 valence electrons. The number of likely N-dealkylation sites (tertiary alicyclic amines) is 1. The van der Waals surface area contributed by atoms with Crippen molar-refractivity contribution in [1.82, 2.24) is 20.4 Å². The van der Waals surface area contributed by atoms with Crippen LogP contribution in [0.3, 0.4) is 0 Å². The van der Waals surface area contributed by atoms with Crippen LogP contribution in [0, 0.1) is 11.8 Å². The van der Waals surface area contributed by atoms with E-state index in [1.807, 2.05) is 20.8 Å². The highest BCUT2D eigenvalue weighted by molar-refractivity contribution is 5.76. The Labute approximate surface area is 180 Å². The Morgan fingerprint density at radius 3 is 2.37 bits per heavy atom. The molecular formula is C24H36N4O2. The zero-order valence-electron chi connectivity index (χ0n) is 19.1. The molecule has 2 heterocycles. The number of aromatic nitrogens is 2. The standard InChI is InChI=1S/C24H36N4O2/c1-17-12-18(2)15-28(14-17)16-20-8-6-19(7-9-20)13-25-21(29)10-11-22-26-23(27-30-22)24(3,4)5/h6-9,17-18H,10-16H2,1-5H3,(H,25,29)/t17-,18+. The highest BCUT2D eigenvalue weighted by atomic mass is 16.5. The molecule has 0 saturated carbocycles. The SMILES string of the molecule is C[C@@H]1C[C@H](C)CN(Cc2ccc(CNC(=O)CCc3nc(C(C)(C)C)no3)cc2)C1. The van der Waals surface area contributed by atoms with E-state index in [4.69, 9.17) is 4.52 Å². The van der Waals surface area contributed by atoms with Crippen molar-refractivity contribution in [3.8, 4) is 0 Å². The number of aryl methyl sites for hydroxylation is 1. The molecule has 0 aliphatic carbocycles. The smallest absolute Gasteiger partial charge is 0.227 e. The third-order valence-electron chi connectivity index (χ3n) is 5.57. The third-order valence-corrected chi connectivity index (χ3v) is 5.57. The maximum atomic E-state index is 12.2. The van der Waals surface area contributed by atoms with E-state index in [0.717, 1.165) is 23.9 Å². The number of nitrogens with zero attached hydrogens (tertiary/aromatic N) is 3. The van der Waals surface area contributed by atoms with Gasteiger partial charge in [-0.1, -0.05) is 64.0 Å². The maximum absolute atomic E-state index is 12.2. The van der Waals surface area contributed by atoms with Gasteiger partial charge in [0.2, 0.25) is 11.8 Å². The van der Waals surface area contributed by atoms with Crippen molar-refractivity contribution in [2.75, 3.05) is 13.1 Å². The molecule has 0 bridgehead atoms. The number of rotatable bonds is 7. The van der Waals surface area contributed by atoms with Crippen LogP contribution in [0.1, 0.15) is 70.3 Å². The zero-order valence-corrected chi connectivity index (χ0v) is 19.1. The predicted octanol–water partition coefficient (Wildman–Crippen LogP) is 4.09. The van der Waals surface area contributed by atoms with Gasteiger partial charge in [0.25, 0.3) is 0 Å². The fourth-order valence-electron chi connectivity index (χ4n) is 4.11. The van der Waals surface area contributed by atoms with Crippen LogP contribution in [0.2, 0.25) is 0 Å². The van der Waals surface area contributed by atoms with E-state index in [1.165, 1.54) is 25.1 Å². The topological polar surface area (TPSA) is 71.3 Å². The average molecular weight is 413 g/mol. The van der Waals surface area contributed by atoms with Gasteiger partial charge in [-0.2, -0.15) is 4.98 Å². The van der Waals surface area contributed by atoms with Crippen LogP contribution in [0.4, 0.5) is 0 Å². The number of carbonyl (C=O) groups is 1. The molecule has 0 unspecified atom stereocenters. The van der Waals surface area contributed by atoms with Gasteiger partial charge in [-0.3, -0.25) is 9.69 Å². The second-order valence-electron chi connectivity index (χ2n) is 10.00. The minimum atomic E-state index is -0.152. The van der Waals surface area contributed by atoms with E-state index in [1.54, 1.807) is 0 Å². The van der Waals surface area contributed by atoms with Crippen LogP contribution in [0.15, 0.2) is 28.8 Å². The Balaban J connectivity index is 1.41. The summed E-state index contributed by atoms with van der Waals surface area (Å²) in [5, 5.41) is 6.98. The normalized spacial score (nSPS) is 20.3. The second kappa shape index (κ2) is 9.73. The lowest BCUT2D eigenvalue weighted by molar-refractivity contribution is -0.121. The number of benzene rings is 1. The summed E-state index contributed by atoms with van der Waals surface area (Å²) in [7, 11) is 0. The average Bonchev–Trinajstić information content (AvgIpc) is 3.14. The Morgan fingerprint density at radius 2 is 1.77 bits per heavy atom. The van der Waals surface area contributed by atoms with Gasteiger partial charge in [0.1, 0.15) is 0 Å². The van der Waals surface area contributed by atoms with E-state index >= 15 is 0 Å². The molecule has 6 heteroatoms. The minimum Gasteiger partial charge on any atom is -0.352 e. The molecular weight excluding hydrogens is 376 g/mol. The van der Waals surface area contributed by atoms with Gasteiger partial charge in [0.05, 0.1) is 0 Å². The van der Waals surface area contributed by atoms with Gasteiger partial charge >= 0.3 is 0 Å². The van der Waals surface area contributed by atoms with Crippen molar-refractivity contribution in [3.63, 3.8) is 0 Å². The first kappa shape index (κ1) is 22.5. The van der Waals surface area contributed by atoms with Gasteiger partial charge in [0, 0.05) is 44.4 Å². The molecule has 1 amide bonds. The van der Waals surface area contributed by atoms with Gasteiger partial charge < -0.3 is 9.84 Å². The first-order chi connectivity index (χ1) is 14.2. The van der Waals surface area contributed by atoms with E-state index in [2.05, 4.69) is 58.5 Å². The number of carbonyl (C=O) groups excluding carboxylic acids is 1. The van der Waals surface area contributed by atoms with Crippen molar-refractivity contribution in [2.45, 2.75) is 72.4 Å². The summed E-state index contributed by atoms with van der Waals surface area (Å²) in [5.41, 5.74) is 2.29. The fraction of sp³-hybridized carbons (Fsp3) is 0.625. The van der Waals surface area contributed by atoms with Crippen molar-refractivity contribution in [2.24, 2.45) is 11.8 Å². The molecule has 6 nitrogen and oxygen atoms in total. The van der Waals surface area contributed by atoms with Crippen LogP contribution in [-0.4, -0.2) is 34.0 Å². The molecule has 2 atom stereocenters. The lowest BCUT2D eigenvalue weighted by atomic mass is 9.91. The Bertz CT molecular complexity index is 812. The summed E-state index contributed by atoms with van der Waals surface area (Å²) in [4.78, 5) is 19.1. The number of nitrogens with one attached hydrogen (secondary N) is 1. The highest BCUT2D eigenvalue weighted by Crippen LogP contribution is 2.22. The number of hydrogen-bond acceptors (Lipinski definition) is 5. The Hall–Kier alpha value is -2.21. The molecule has 1 aliphatic heterocycles. The fourth-order valence-corrected chi connectivity index (χ4v) is 4.11. The first-order valence-corrected chi connectivity index (χ1v) is 11.1. The molecule has 0 radical (unpaired) electrons. The van der Waals surface area contributed by atoms with Crippen LogP contribution < -0.4 is 5.32 Å². The van der Waals surface area contributed by atoms with Gasteiger partial charge in [-0.15, -0.1) is 0 Å². The molecule has 3 rings (SSSR count). The number of piperidine rings is 1. The molecule has 1 N–H and O–H groups in total. The largest absolute Gasteiger partial charge is 0.352 e. The van der Waals surface area contributed by atoms with Crippen molar-refractivity contribution in [3.05, 3.63) is 47.1 Å². The van der Waals surface area contributed by atoms with Crippen LogP contribution >= 0.6 is 0 Å². The van der Waals surface area contributed by atoms with E-state index < -0.39 is 0 Å². The van der Waals surface area contributed by atoms with E-state index in [9.17, 15) is 4.79 Å². The monoisotopic (exact) mass is 412 g/mol. The van der Waals surface area contributed by atoms with Crippen molar-refractivity contribution in [1.29, 1.82) is 0 Å². The maximum Gasteiger partial charge on any atom is 0.227 e. The molecule has 1 aliphatic rings. The Kier molecular flexibility index (Phi) is 7.29. The zero-order chi connectivity index (χ0) is 21.7. The summed E-state index contributed by atoms with van der Waals surface area (Å²) in [6.45, 7) is 14.7. The van der Waals surface area contributed by atoms with E-state index in [0.29, 0.717) is 31.1 Å². The quantitative estimate of drug-likeness (QED) is 0.741. The number of hydrogen-bond donors (Lipinski definition) is 1. The summed E-state index contributed by atoms with van der Waals surface area (Å²) < 4.78 is 5.25. The third kappa shape index (κ3) is 6.66. The van der Waals surface area contributed by atoms with Crippen molar-refractivity contribution >= 4 is 5.91 Å². The molecule has 1 saturated heterocycles. The summed E-state index contributed by atoms with van der Waals surface area (Å²) in [6.07, 6.45) is 2.13. The number of amides is 1. The van der Waals surface area contributed by atoms with Gasteiger partial charge in [0.15, 0.2) is 5.82 Å². The first-order valence-electron chi connectivity index (χ1n) is 11.1. The highest BCUT2D eigenvalue weighted by Gasteiger charge is 2.22. The molecule has 0 spiro atoms. The van der Waals surface area contributed by atoms with Gasteiger partial charge in [-0.25, -0.2) is 0 Å². The van der Waals surface area contributed by atoms with Crippen LogP contribution in [0.25, 0.3) is 0 Å². The molecule has 1 fully saturated rings. The predicted molar refractivity (Wildman–Crippen MR) is 118 cm³/mol. The van der Waals surface area contributed by atoms with E-state index in [-0.39, 0.29) is 11.3 Å². The van der Waals surface area contributed by atoms with Crippen LogP contribution in [0.5, 0.6) is 0 Å².